The molecule has 0 spiro atoms. The Hall–Kier alpha value is -3.42. The molecule has 0 radical (unpaired) electrons. The van der Waals surface area contributed by atoms with E-state index in [1.165, 1.54) is 11.1 Å². The van der Waals surface area contributed by atoms with E-state index in [1.807, 2.05) is 35.2 Å². The van der Waals surface area contributed by atoms with Crippen LogP contribution in [0.15, 0.2) is 71.2 Å². The third-order valence-electron chi connectivity index (χ3n) is 7.16. The minimum Gasteiger partial charge on any atom is -0.454 e. The first-order valence-electron chi connectivity index (χ1n) is 12.7. The van der Waals surface area contributed by atoms with E-state index in [2.05, 4.69) is 64.2 Å². The van der Waals surface area contributed by atoms with Crippen LogP contribution < -0.4 is 9.47 Å². The Morgan fingerprint density at radius 2 is 1.65 bits per heavy atom. The molecule has 0 bridgehead atoms. The van der Waals surface area contributed by atoms with Crippen LogP contribution in [0.3, 0.4) is 0 Å². The number of ether oxygens (including phenoxy) is 2. The Bertz CT molecular complexity index is 1460. The van der Waals surface area contributed by atoms with Gasteiger partial charge in [-0.1, -0.05) is 53.2 Å². The lowest BCUT2D eigenvalue weighted by molar-refractivity contribution is 0.0630. The summed E-state index contributed by atoms with van der Waals surface area (Å²) in [6.45, 7) is 6.25. The van der Waals surface area contributed by atoms with Crippen LogP contribution in [0.4, 0.5) is 0 Å². The topological polar surface area (TPSA) is 54.9 Å². The monoisotopic (exact) mass is 557 g/mol. The van der Waals surface area contributed by atoms with Gasteiger partial charge in [-0.25, -0.2) is 4.98 Å². The molecular formula is C30H28BrN3O3. The van der Waals surface area contributed by atoms with Crippen molar-refractivity contribution < 1.29 is 14.3 Å². The Balaban J connectivity index is 1.22. The summed E-state index contributed by atoms with van der Waals surface area (Å²) in [5, 5.41) is 0.871. The van der Waals surface area contributed by atoms with E-state index in [0.717, 1.165) is 64.2 Å². The summed E-state index contributed by atoms with van der Waals surface area (Å²) in [6, 6.07) is 22.4. The average Bonchev–Trinajstić information content (AvgIpc) is 3.41. The van der Waals surface area contributed by atoms with Crippen LogP contribution in [0.2, 0.25) is 0 Å². The highest BCUT2D eigenvalue weighted by molar-refractivity contribution is 9.10. The number of nitrogens with zero attached hydrogens (tertiary/aromatic N) is 3. The molecule has 0 unspecified atom stereocenters. The zero-order valence-electron chi connectivity index (χ0n) is 20.7. The van der Waals surface area contributed by atoms with Gasteiger partial charge in [-0.15, -0.1) is 0 Å². The standard InChI is InChI=1S/C30H28BrN3O3/c1-2-20-3-6-22(7-4-20)27-17-25(24-16-23(31)8-9-26(24)32-27)30(35)34-13-11-33(12-14-34)18-21-5-10-28-29(15-21)37-19-36-28/h3-10,15-17H,2,11-14,18-19H2,1H3. The van der Waals surface area contributed by atoms with E-state index >= 15 is 0 Å². The first kappa shape index (κ1) is 23.9. The van der Waals surface area contributed by atoms with Gasteiger partial charge in [0, 0.05) is 48.1 Å². The van der Waals surface area contributed by atoms with E-state index in [1.54, 1.807) is 0 Å². The van der Waals surface area contributed by atoms with Crippen molar-refractivity contribution in [2.75, 3.05) is 33.0 Å². The Labute approximate surface area is 224 Å². The number of hydrogen-bond donors (Lipinski definition) is 0. The summed E-state index contributed by atoms with van der Waals surface area (Å²) in [6.07, 6.45) is 0.990. The zero-order chi connectivity index (χ0) is 25.4. The third kappa shape index (κ3) is 4.93. The predicted octanol–water partition coefficient (Wildman–Crippen LogP) is 5.91. The molecule has 0 aliphatic carbocycles. The number of carbonyl (C=O) groups excluding carboxylic acids is 1. The van der Waals surface area contributed by atoms with Gasteiger partial charge in [-0.2, -0.15) is 0 Å². The van der Waals surface area contributed by atoms with Gasteiger partial charge in [0.15, 0.2) is 11.5 Å². The number of aromatic nitrogens is 1. The maximum atomic E-state index is 13.8. The smallest absolute Gasteiger partial charge is 0.254 e. The molecule has 6 rings (SSSR count). The molecule has 7 heteroatoms. The van der Waals surface area contributed by atoms with E-state index in [-0.39, 0.29) is 12.7 Å². The van der Waals surface area contributed by atoms with Crippen molar-refractivity contribution in [2.24, 2.45) is 0 Å². The summed E-state index contributed by atoms with van der Waals surface area (Å²) in [7, 11) is 0. The van der Waals surface area contributed by atoms with Crippen molar-refractivity contribution in [3.8, 4) is 22.8 Å². The first-order valence-corrected chi connectivity index (χ1v) is 13.5. The molecule has 0 N–H and O–H groups in total. The van der Waals surface area contributed by atoms with Crippen LogP contribution in [0.5, 0.6) is 11.5 Å². The molecule has 3 heterocycles. The molecule has 2 aliphatic rings. The van der Waals surface area contributed by atoms with Crippen molar-refractivity contribution in [3.05, 3.63) is 87.9 Å². The molecule has 1 fully saturated rings. The summed E-state index contributed by atoms with van der Waals surface area (Å²) in [5.41, 5.74) is 5.83. The van der Waals surface area contributed by atoms with Crippen molar-refractivity contribution in [2.45, 2.75) is 19.9 Å². The fourth-order valence-electron chi connectivity index (χ4n) is 5.01. The van der Waals surface area contributed by atoms with Gasteiger partial charge in [0.25, 0.3) is 5.91 Å². The van der Waals surface area contributed by atoms with Crippen molar-refractivity contribution in [1.82, 2.24) is 14.8 Å². The molecule has 37 heavy (non-hydrogen) atoms. The molecule has 1 amide bonds. The number of fused-ring (bicyclic) bond motifs is 2. The Kier molecular flexibility index (Phi) is 6.57. The minimum absolute atomic E-state index is 0.0552. The Morgan fingerprint density at radius 3 is 2.43 bits per heavy atom. The molecule has 6 nitrogen and oxygen atoms in total. The van der Waals surface area contributed by atoms with E-state index in [4.69, 9.17) is 14.5 Å². The summed E-state index contributed by atoms with van der Waals surface area (Å²) in [4.78, 5) is 23.1. The minimum atomic E-state index is 0.0552. The first-order chi connectivity index (χ1) is 18.1. The highest BCUT2D eigenvalue weighted by Crippen LogP contribution is 2.33. The number of amides is 1. The van der Waals surface area contributed by atoms with E-state index in [9.17, 15) is 4.79 Å². The molecular weight excluding hydrogens is 530 g/mol. The van der Waals surface area contributed by atoms with Gasteiger partial charge in [0.1, 0.15) is 0 Å². The average molecular weight is 558 g/mol. The second-order valence-corrected chi connectivity index (χ2v) is 10.4. The zero-order valence-corrected chi connectivity index (χ0v) is 22.3. The quantitative estimate of drug-likeness (QED) is 0.305. The molecule has 0 saturated carbocycles. The van der Waals surface area contributed by atoms with E-state index < -0.39 is 0 Å². The molecule has 2 aliphatic heterocycles. The number of piperazine rings is 1. The predicted molar refractivity (Wildman–Crippen MR) is 148 cm³/mol. The third-order valence-corrected chi connectivity index (χ3v) is 7.66. The fourth-order valence-corrected chi connectivity index (χ4v) is 5.37. The normalized spacial score (nSPS) is 15.4. The largest absolute Gasteiger partial charge is 0.454 e. The van der Waals surface area contributed by atoms with Crippen LogP contribution in [-0.4, -0.2) is 53.7 Å². The number of halogens is 1. The van der Waals surface area contributed by atoms with Gasteiger partial charge in [0.05, 0.1) is 16.8 Å². The van der Waals surface area contributed by atoms with Crippen LogP contribution >= 0.6 is 15.9 Å². The maximum absolute atomic E-state index is 13.8. The molecule has 4 aromatic rings. The van der Waals surface area contributed by atoms with Crippen LogP contribution in [-0.2, 0) is 13.0 Å². The number of aryl methyl sites for hydroxylation is 1. The number of pyridine rings is 1. The van der Waals surface area contributed by atoms with Gasteiger partial charge >= 0.3 is 0 Å². The lowest BCUT2D eigenvalue weighted by atomic mass is 10.0. The highest BCUT2D eigenvalue weighted by atomic mass is 79.9. The van der Waals surface area contributed by atoms with Crippen molar-refractivity contribution >= 4 is 32.7 Å². The second-order valence-electron chi connectivity index (χ2n) is 9.52. The summed E-state index contributed by atoms with van der Waals surface area (Å²) >= 11 is 3.57. The number of rotatable bonds is 5. The van der Waals surface area contributed by atoms with Crippen molar-refractivity contribution in [1.29, 1.82) is 0 Å². The van der Waals surface area contributed by atoms with Gasteiger partial charge in [-0.05, 0) is 53.9 Å². The number of hydrogen-bond acceptors (Lipinski definition) is 5. The highest BCUT2D eigenvalue weighted by Gasteiger charge is 2.25. The Morgan fingerprint density at radius 1 is 0.892 bits per heavy atom. The van der Waals surface area contributed by atoms with E-state index in [0.29, 0.717) is 18.7 Å². The van der Waals surface area contributed by atoms with Gasteiger partial charge in [0.2, 0.25) is 6.79 Å². The molecule has 1 aromatic heterocycles. The second kappa shape index (κ2) is 10.1. The van der Waals surface area contributed by atoms with Crippen LogP contribution in [0.1, 0.15) is 28.4 Å². The molecule has 3 aromatic carbocycles. The van der Waals surface area contributed by atoms with Crippen LogP contribution in [0, 0.1) is 0 Å². The number of carbonyl (C=O) groups is 1. The van der Waals surface area contributed by atoms with Crippen molar-refractivity contribution in [3.63, 3.8) is 0 Å². The molecule has 0 atom stereocenters. The lowest BCUT2D eigenvalue weighted by Crippen LogP contribution is -2.48. The lowest BCUT2D eigenvalue weighted by Gasteiger charge is -2.35. The summed E-state index contributed by atoms with van der Waals surface area (Å²) in [5.74, 6) is 1.66. The fraction of sp³-hybridized carbons (Fsp3) is 0.267. The molecule has 1 saturated heterocycles. The maximum Gasteiger partial charge on any atom is 0.254 e. The summed E-state index contributed by atoms with van der Waals surface area (Å²) < 4.78 is 11.9. The SMILES string of the molecule is CCc1ccc(-c2cc(C(=O)N3CCN(Cc4ccc5c(c4)OCO5)CC3)c3cc(Br)ccc3n2)cc1. The van der Waals surface area contributed by atoms with Crippen LogP contribution in [0.25, 0.3) is 22.2 Å². The van der Waals surface area contributed by atoms with Gasteiger partial charge in [-0.3, -0.25) is 9.69 Å². The van der Waals surface area contributed by atoms with Gasteiger partial charge < -0.3 is 14.4 Å². The number of benzene rings is 3. The molecule has 188 valence electrons.